The SMILES string of the molecule is COC(=O)c1cccc(S(=O)(=O)NC(CN)C2CC2)c1C. The first-order valence-electron chi connectivity index (χ1n) is 6.81. The summed E-state index contributed by atoms with van der Waals surface area (Å²) >= 11 is 0. The summed E-state index contributed by atoms with van der Waals surface area (Å²) < 4.78 is 32.3. The van der Waals surface area contributed by atoms with Crippen molar-refractivity contribution in [2.75, 3.05) is 13.7 Å². The smallest absolute Gasteiger partial charge is 0.338 e. The third kappa shape index (κ3) is 3.42. The molecule has 0 aromatic heterocycles. The van der Waals surface area contributed by atoms with E-state index in [0.29, 0.717) is 11.5 Å². The van der Waals surface area contributed by atoms with Crippen molar-refractivity contribution in [1.82, 2.24) is 4.72 Å². The topological polar surface area (TPSA) is 98.5 Å². The Kier molecular flexibility index (Phi) is 4.65. The molecule has 1 fully saturated rings. The van der Waals surface area contributed by atoms with Crippen LogP contribution >= 0.6 is 0 Å². The number of ether oxygens (including phenoxy) is 1. The molecule has 1 aliphatic carbocycles. The molecule has 7 heteroatoms. The quantitative estimate of drug-likeness (QED) is 0.757. The number of hydrogen-bond donors (Lipinski definition) is 2. The molecule has 116 valence electrons. The lowest BCUT2D eigenvalue weighted by Gasteiger charge is -2.18. The van der Waals surface area contributed by atoms with E-state index in [1.54, 1.807) is 13.0 Å². The zero-order chi connectivity index (χ0) is 15.6. The fraction of sp³-hybridized carbons (Fsp3) is 0.500. The lowest BCUT2D eigenvalue weighted by atomic mass is 10.1. The highest BCUT2D eigenvalue weighted by molar-refractivity contribution is 7.89. The Morgan fingerprint density at radius 1 is 1.48 bits per heavy atom. The zero-order valence-corrected chi connectivity index (χ0v) is 12.9. The molecule has 2 rings (SSSR count). The number of esters is 1. The van der Waals surface area contributed by atoms with Crippen LogP contribution in [0.4, 0.5) is 0 Å². The van der Waals surface area contributed by atoms with Crippen LogP contribution in [0.3, 0.4) is 0 Å². The van der Waals surface area contributed by atoms with Crippen molar-refractivity contribution in [3.05, 3.63) is 29.3 Å². The number of nitrogens with two attached hydrogens (primary N) is 1. The molecule has 0 bridgehead atoms. The van der Waals surface area contributed by atoms with Gasteiger partial charge >= 0.3 is 5.97 Å². The van der Waals surface area contributed by atoms with Gasteiger partial charge in [0.2, 0.25) is 10.0 Å². The molecule has 1 aromatic rings. The second-order valence-electron chi connectivity index (χ2n) is 5.22. The van der Waals surface area contributed by atoms with E-state index in [4.69, 9.17) is 5.73 Å². The van der Waals surface area contributed by atoms with E-state index in [2.05, 4.69) is 9.46 Å². The second kappa shape index (κ2) is 6.13. The van der Waals surface area contributed by atoms with Gasteiger partial charge in [-0.3, -0.25) is 0 Å². The Labute approximate surface area is 124 Å². The number of carbonyl (C=O) groups is 1. The van der Waals surface area contributed by atoms with Crippen LogP contribution in [0.2, 0.25) is 0 Å². The average Bonchev–Trinajstić information content (AvgIpc) is 3.28. The van der Waals surface area contributed by atoms with E-state index in [9.17, 15) is 13.2 Å². The van der Waals surface area contributed by atoms with Crippen molar-refractivity contribution in [3.63, 3.8) is 0 Å². The third-order valence-corrected chi connectivity index (χ3v) is 5.36. The van der Waals surface area contributed by atoms with E-state index < -0.39 is 16.0 Å². The molecule has 0 heterocycles. The average molecular weight is 312 g/mol. The highest BCUT2D eigenvalue weighted by Gasteiger charge is 2.34. The minimum Gasteiger partial charge on any atom is -0.465 e. The van der Waals surface area contributed by atoms with Gasteiger partial charge in [0.1, 0.15) is 0 Å². The Morgan fingerprint density at radius 2 is 2.14 bits per heavy atom. The molecule has 6 nitrogen and oxygen atoms in total. The number of carbonyl (C=O) groups excluding carboxylic acids is 1. The predicted octanol–water partition coefficient (Wildman–Crippen LogP) is 0.797. The normalized spacial score (nSPS) is 16.5. The van der Waals surface area contributed by atoms with Crippen molar-refractivity contribution < 1.29 is 17.9 Å². The maximum absolute atomic E-state index is 12.5. The molecular formula is C14H20N2O4S. The third-order valence-electron chi connectivity index (χ3n) is 3.73. The summed E-state index contributed by atoms with van der Waals surface area (Å²) in [6, 6.07) is 4.30. The van der Waals surface area contributed by atoms with Gasteiger partial charge in [-0.05, 0) is 43.4 Å². The molecule has 1 aliphatic rings. The molecular weight excluding hydrogens is 292 g/mol. The van der Waals surface area contributed by atoms with Crippen molar-refractivity contribution in [2.24, 2.45) is 11.7 Å². The van der Waals surface area contributed by atoms with Gasteiger partial charge in [-0.1, -0.05) is 6.07 Å². The van der Waals surface area contributed by atoms with Crippen LogP contribution in [-0.2, 0) is 14.8 Å². The van der Waals surface area contributed by atoms with Gasteiger partial charge in [0.25, 0.3) is 0 Å². The summed E-state index contributed by atoms with van der Waals surface area (Å²) in [5, 5.41) is 0. The number of sulfonamides is 1. The predicted molar refractivity (Wildman–Crippen MR) is 78.4 cm³/mol. The van der Waals surface area contributed by atoms with Crippen molar-refractivity contribution >= 4 is 16.0 Å². The summed E-state index contributed by atoms with van der Waals surface area (Å²) in [6.45, 7) is 1.86. The van der Waals surface area contributed by atoms with E-state index in [0.717, 1.165) is 12.8 Å². The molecule has 1 atom stereocenters. The monoisotopic (exact) mass is 312 g/mol. The van der Waals surface area contributed by atoms with Crippen molar-refractivity contribution in [1.29, 1.82) is 0 Å². The van der Waals surface area contributed by atoms with Gasteiger partial charge in [0.05, 0.1) is 17.6 Å². The number of benzene rings is 1. The Balaban J connectivity index is 2.33. The van der Waals surface area contributed by atoms with Crippen LogP contribution in [0.1, 0.15) is 28.8 Å². The molecule has 3 N–H and O–H groups in total. The molecule has 1 saturated carbocycles. The van der Waals surface area contributed by atoms with Gasteiger partial charge in [0.15, 0.2) is 0 Å². The minimum absolute atomic E-state index is 0.0875. The molecule has 0 spiro atoms. The van der Waals surface area contributed by atoms with Gasteiger partial charge in [0, 0.05) is 12.6 Å². The Bertz CT molecular complexity index is 638. The van der Waals surface area contributed by atoms with E-state index in [1.165, 1.54) is 19.2 Å². The van der Waals surface area contributed by atoms with Crippen LogP contribution in [0.15, 0.2) is 23.1 Å². The van der Waals surface area contributed by atoms with Crippen molar-refractivity contribution in [3.8, 4) is 0 Å². The number of nitrogens with one attached hydrogen (secondary N) is 1. The molecule has 1 aromatic carbocycles. The fourth-order valence-corrected chi connectivity index (χ4v) is 3.92. The van der Waals surface area contributed by atoms with Gasteiger partial charge in [-0.2, -0.15) is 0 Å². The standard InChI is InChI=1S/C14H20N2O4S/c1-9-11(14(17)20-2)4-3-5-13(9)21(18,19)16-12(8-15)10-6-7-10/h3-5,10,12,16H,6-8,15H2,1-2H3. The molecule has 21 heavy (non-hydrogen) atoms. The largest absolute Gasteiger partial charge is 0.465 e. The zero-order valence-electron chi connectivity index (χ0n) is 12.1. The number of methoxy groups -OCH3 is 1. The van der Waals surface area contributed by atoms with Gasteiger partial charge in [-0.25, -0.2) is 17.9 Å². The first-order chi connectivity index (χ1) is 9.90. The van der Waals surface area contributed by atoms with E-state index in [-0.39, 0.29) is 23.0 Å². The first-order valence-corrected chi connectivity index (χ1v) is 8.29. The molecule has 1 unspecified atom stereocenters. The van der Waals surface area contributed by atoms with Crippen LogP contribution in [0, 0.1) is 12.8 Å². The number of hydrogen-bond acceptors (Lipinski definition) is 5. The molecule has 0 amide bonds. The minimum atomic E-state index is -3.71. The highest BCUT2D eigenvalue weighted by atomic mass is 32.2. The molecule has 0 saturated heterocycles. The number of rotatable bonds is 6. The Hall–Kier alpha value is -1.44. The van der Waals surface area contributed by atoms with Crippen LogP contribution in [-0.4, -0.2) is 34.1 Å². The lowest BCUT2D eigenvalue weighted by Crippen LogP contribution is -2.41. The van der Waals surface area contributed by atoms with Crippen LogP contribution in [0.25, 0.3) is 0 Å². The summed E-state index contributed by atoms with van der Waals surface area (Å²) in [4.78, 5) is 11.7. The Morgan fingerprint density at radius 3 is 2.67 bits per heavy atom. The summed E-state index contributed by atoms with van der Waals surface area (Å²) in [5.41, 5.74) is 6.26. The fourth-order valence-electron chi connectivity index (χ4n) is 2.33. The summed E-state index contributed by atoms with van der Waals surface area (Å²) in [6.07, 6.45) is 1.98. The van der Waals surface area contributed by atoms with Crippen LogP contribution < -0.4 is 10.5 Å². The molecule has 0 radical (unpaired) electrons. The summed E-state index contributed by atoms with van der Waals surface area (Å²) in [7, 11) is -2.45. The maximum atomic E-state index is 12.5. The summed E-state index contributed by atoms with van der Waals surface area (Å²) in [5.74, 6) is -0.240. The second-order valence-corrected chi connectivity index (χ2v) is 6.90. The van der Waals surface area contributed by atoms with Gasteiger partial charge in [-0.15, -0.1) is 0 Å². The van der Waals surface area contributed by atoms with E-state index in [1.807, 2.05) is 0 Å². The molecule has 0 aliphatic heterocycles. The van der Waals surface area contributed by atoms with Crippen molar-refractivity contribution in [2.45, 2.75) is 30.7 Å². The highest BCUT2D eigenvalue weighted by Crippen LogP contribution is 2.33. The van der Waals surface area contributed by atoms with E-state index >= 15 is 0 Å². The first kappa shape index (κ1) is 15.9. The van der Waals surface area contributed by atoms with Crippen LogP contribution in [0.5, 0.6) is 0 Å². The van der Waals surface area contributed by atoms with Gasteiger partial charge < -0.3 is 10.5 Å². The lowest BCUT2D eigenvalue weighted by molar-refractivity contribution is 0.0599. The maximum Gasteiger partial charge on any atom is 0.338 e.